The molecule has 0 fully saturated rings. The Balaban J connectivity index is 1.05. The van der Waals surface area contributed by atoms with Gasteiger partial charge < -0.3 is 14.3 Å². The van der Waals surface area contributed by atoms with Gasteiger partial charge in [0.1, 0.15) is 23.2 Å². The number of nitrogens with zero attached hydrogens (tertiary/aromatic N) is 3. The van der Waals surface area contributed by atoms with Gasteiger partial charge in [-0.25, -0.2) is 9.98 Å². The predicted octanol–water partition coefficient (Wildman–Crippen LogP) is 15.5. The van der Waals surface area contributed by atoms with Crippen molar-refractivity contribution in [3.63, 3.8) is 0 Å². The third-order valence-electron chi connectivity index (χ3n) is 13.2. The molecule has 65 heavy (non-hydrogen) atoms. The lowest BCUT2D eigenvalue weighted by Gasteiger charge is -2.25. The van der Waals surface area contributed by atoms with E-state index in [1.54, 1.807) is 0 Å². The van der Waals surface area contributed by atoms with Gasteiger partial charge in [0, 0.05) is 58.5 Å². The zero-order valence-electron chi connectivity index (χ0n) is 34.9. The maximum atomic E-state index is 6.25. The Kier molecular flexibility index (Phi) is 7.85. The van der Waals surface area contributed by atoms with Crippen LogP contribution in [-0.4, -0.2) is 16.2 Å². The van der Waals surface area contributed by atoms with Crippen molar-refractivity contribution in [2.75, 3.05) is 0 Å². The first kappa shape index (κ1) is 36.2. The molecule has 1 N–H and O–H groups in total. The summed E-state index contributed by atoms with van der Waals surface area (Å²) in [5.41, 5.74) is 10.3. The summed E-state index contributed by atoms with van der Waals surface area (Å²) >= 11 is 1.87. The Morgan fingerprint density at radius 2 is 1.23 bits per heavy atom. The van der Waals surface area contributed by atoms with Gasteiger partial charge in [-0.3, -0.25) is 0 Å². The van der Waals surface area contributed by atoms with Crippen molar-refractivity contribution in [2.45, 2.75) is 6.17 Å². The molecule has 4 heterocycles. The maximum absolute atomic E-state index is 6.25. The highest BCUT2D eigenvalue weighted by molar-refractivity contribution is 7.26. The summed E-state index contributed by atoms with van der Waals surface area (Å²) < 4.78 is 11.2. The molecular formula is C59H36N4OS. The minimum atomic E-state index is -0.377. The van der Waals surface area contributed by atoms with Crippen LogP contribution in [-0.2, 0) is 0 Å². The number of amidine groups is 2. The molecule has 0 aliphatic carbocycles. The molecule has 1 aliphatic rings. The number of aliphatic imine (C=N–C) groups is 2. The average molecular weight is 849 g/mol. The molecule has 5 nitrogen and oxygen atoms in total. The quantitative estimate of drug-likeness (QED) is 0.188. The highest BCUT2D eigenvalue weighted by Crippen LogP contribution is 2.45. The lowest BCUT2D eigenvalue weighted by atomic mass is 9.93. The van der Waals surface area contributed by atoms with Crippen LogP contribution in [0.25, 0.3) is 102 Å². The van der Waals surface area contributed by atoms with Crippen molar-refractivity contribution in [1.29, 1.82) is 0 Å². The van der Waals surface area contributed by atoms with Crippen LogP contribution in [0.1, 0.15) is 22.9 Å². The van der Waals surface area contributed by atoms with Crippen molar-refractivity contribution in [3.05, 3.63) is 223 Å². The van der Waals surface area contributed by atoms with Crippen LogP contribution in [0.2, 0.25) is 0 Å². The highest BCUT2D eigenvalue weighted by atomic mass is 32.1. The number of furan rings is 1. The van der Waals surface area contributed by atoms with E-state index in [9.17, 15) is 0 Å². The van der Waals surface area contributed by atoms with Crippen LogP contribution in [0.4, 0.5) is 0 Å². The molecule has 14 rings (SSSR count). The number of nitrogens with one attached hydrogen (secondary N) is 1. The lowest BCUT2D eigenvalue weighted by Crippen LogP contribution is -2.33. The summed E-state index contributed by atoms with van der Waals surface area (Å²) in [6.45, 7) is 0. The van der Waals surface area contributed by atoms with Gasteiger partial charge in [0.25, 0.3) is 0 Å². The van der Waals surface area contributed by atoms with Gasteiger partial charge in [-0.2, -0.15) is 0 Å². The Labute approximate surface area is 376 Å². The number of benzene rings is 10. The summed E-state index contributed by atoms with van der Waals surface area (Å²) in [6, 6.07) is 74.0. The van der Waals surface area contributed by atoms with Gasteiger partial charge in [0.05, 0.1) is 11.0 Å². The fourth-order valence-electron chi connectivity index (χ4n) is 10.2. The topological polar surface area (TPSA) is 54.8 Å². The molecule has 0 radical (unpaired) electrons. The molecule has 3 aromatic heterocycles. The SMILES string of the molecule is c1ccc(C2N=C(c3ccc(-n4c5ccccc5c5cc6ccccc6cc54)cc3-c3cccc4sc5c6ccccc6ccc5c34)N=C(c3ccc4oc5ccccc5c4c3)N2)cc1. The van der Waals surface area contributed by atoms with Crippen molar-refractivity contribution in [2.24, 2.45) is 9.98 Å². The van der Waals surface area contributed by atoms with Crippen molar-refractivity contribution in [1.82, 2.24) is 9.88 Å². The maximum Gasteiger partial charge on any atom is 0.160 e. The first-order valence-corrected chi connectivity index (χ1v) is 22.8. The van der Waals surface area contributed by atoms with Crippen LogP contribution < -0.4 is 5.32 Å². The molecule has 13 aromatic rings. The lowest BCUT2D eigenvalue weighted by molar-refractivity contribution is 0.668. The standard InChI is InChI=1S/C59H36N4OS/c1-2-14-36(15-3-1)57-60-58(39-26-30-53-49(32-39)43-20-9-11-23-52(43)64-53)62-59(61-57)45-29-27-40(63-50-22-10-8-19-42(50)48-31-37-16-4-5-17-38(37)33-51(48)63)34-47(45)44-21-12-24-54-55(44)46-28-25-35-13-6-7-18-41(35)56(46)65-54/h1-34,57H,(H,60,61,62). The van der Waals surface area contributed by atoms with E-state index in [4.69, 9.17) is 14.4 Å². The summed E-state index contributed by atoms with van der Waals surface area (Å²) in [5, 5.41) is 15.8. The number of hydrogen-bond donors (Lipinski definition) is 1. The Morgan fingerprint density at radius 1 is 0.477 bits per heavy atom. The van der Waals surface area contributed by atoms with E-state index in [1.807, 2.05) is 29.5 Å². The zero-order chi connectivity index (χ0) is 42.6. The Hall–Kier alpha value is -8.32. The van der Waals surface area contributed by atoms with E-state index in [0.717, 1.165) is 66.8 Å². The Bertz CT molecular complexity index is 4170. The van der Waals surface area contributed by atoms with Crippen molar-refractivity contribution in [3.8, 4) is 16.8 Å². The molecule has 0 spiro atoms. The number of fused-ring (bicyclic) bond motifs is 12. The molecule has 6 heteroatoms. The summed E-state index contributed by atoms with van der Waals surface area (Å²) in [4.78, 5) is 11.0. The van der Waals surface area contributed by atoms with E-state index < -0.39 is 0 Å². The zero-order valence-corrected chi connectivity index (χ0v) is 35.7. The summed E-state index contributed by atoms with van der Waals surface area (Å²) in [6.07, 6.45) is -0.377. The molecule has 1 aliphatic heterocycles. The number of para-hydroxylation sites is 2. The van der Waals surface area contributed by atoms with Gasteiger partial charge in [0.2, 0.25) is 0 Å². The van der Waals surface area contributed by atoms with Gasteiger partial charge in [-0.1, -0.05) is 140 Å². The fourth-order valence-corrected chi connectivity index (χ4v) is 11.5. The van der Waals surface area contributed by atoms with Crippen LogP contribution in [0.15, 0.2) is 221 Å². The first-order valence-electron chi connectivity index (χ1n) is 22.0. The number of hydrogen-bond acceptors (Lipinski definition) is 5. The Morgan fingerprint density at radius 3 is 2.12 bits per heavy atom. The molecule has 0 saturated carbocycles. The first-order chi connectivity index (χ1) is 32.2. The second-order valence-electron chi connectivity index (χ2n) is 16.9. The second kappa shape index (κ2) is 14.1. The molecule has 10 aromatic carbocycles. The molecule has 1 unspecified atom stereocenters. The smallest absolute Gasteiger partial charge is 0.160 e. The van der Waals surface area contributed by atoms with Crippen LogP contribution in [0.3, 0.4) is 0 Å². The monoisotopic (exact) mass is 848 g/mol. The summed E-state index contributed by atoms with van der Waals surface area (Å²) in [7, 11) is 0. The van der Waals surface area contributed by atoms with Gasteiger partial charge in [-0.15, -0.1) is 11.3 Å². The van der Waals surface area contributed by atoms with E-state index in [-0.39, 0.29) is 6.17 Å². The third-order valence-corrected chi connectivity index (χ3v) is 14.4. The summed E-state index contributed by atoms with van der Waals surface area (Å²) in [5.74, 6) is 1.42. The molecule has 304 valence electrons. The van der Waals surface area contributed by atoms with Gasteiger partial charge in [-0.05, 0) is 105 Å². The normalized spacial score (nSPS) is 14.3. The largest absolute Gasteiger partial charge is 0.456 e. The van der Waals surface area contributed by atoms with Crippen molar-refractivity contribution >= 4 is 108 Å². The minimum absolute atomic E-state index is 0.377. The minimum Gasteiger partial charge on any atom is -0.456 e. The highest BCUT2D eigenvalue weighted by Gasteiger charge is 2.26. The number of aromatic nitrogens is 1. The molecule has 0 saturated heterocycles. The van der Waals surface area contributed by atoms with E-state index in [2.05, 4.69) is 198 Å². The van der Waals surface area contributed by atoms with Crippen molar-refractivity contribution < 1.29 is 4.42 Å². The van der Waals surface area contributed by atoms with Crippen LogP contribution in [0.5, 0.6) is 0 Å². The van der Waals surface area contributed by atoms with E-state index in [0.29, 0.717) is 5.84 Å². The molecular weight excluding hydrogens is 813 g/mol. The third kappa shape index (κ3) is 5.64. The van der Waals surface area contributed by atoms with E-state index in [1.165, 1.54) is 58.0 Å². The second-order valence-corrected chi connectivity index (χ2v) is 18.0. The van der Waals surface area contributed by atoms with E-state index >= 15 is 0 Å². The van der Waals surface area contributed by atoms with Gasteiger partial charge in [0.15, 0.2) is 5.84 Å². The number of thiophene rings is 1. The van der Waals surface area contributed by atoms with Gasteiger partial charge >= 0.3 is 0 Å². The molecule has 0 amide bonds. The predicted molar refractivity (Wildman–Crippen MR) is 273 cm³/mol. The van der Waals surface area contributed by atoms with Crippen LogP contribution in [0, 0.1) is 0 Å². The molecule has 1 atom stereocenters. The average Bonchev–Trinajstić information content (AvgIpc) is 4.05. The fraction of sp³-hybridized carbons (Fsp3) is 0.0169. The van der Waals surface area contributed by atoms with Crippen LogP contribution >= 0.6 is 11.3 Å². The number of rotatable bonds is 5. The molecule has 0 bridgehead atoms.